The van der Waals surface area contributed by atoms with Gasteiger partial charge in [0.25, 0.3) is 5.91 Å². The van der Waals surface area contributed by atoms with E-state index < -0.39 is 0 Å². The third-order valence-corrected chi connectivity index (χ3v) is 5.87. The number of halogens is 1. The Bertz CT molecular complexity index is 1530. The Morgan fingerprint density at radius 2 is 1.86 bits per heavy atom. The van der Waals surface area contributed by atoms with Crippen LogP contribution in [0.3, 0.4) is 0 Å². The number of nitrogens with two attached hydrogens (primary N) is 1. The zero-order valence-electron chi connectivity index (χ0n) is 19.4. The Morgan fingerprint density at radius 1 is 1.06 bits per heavy atom. The van der Waals surface area contributed by atoms with Crippen molar-refractivity contribution in [1.29, 1.82) is 10.8 Å². The van der Waals surface area contributed by atoms with Crippen molar-refractivity contribution >= 4 is 63.6 Å². The molecular weight excluding hydrogens is 474 g/mol. The molecule has 0 spiro atoms. The van der Waals surface area contributed by atoms with Gasteiger partial charge in [0.2, 0.25) is 0 Å². The standard InChI is InChI=1S/C27H24ClN7O/c1-2-17(14-29)27(36)32-20-6-5-7-21(13-20)35-25-9-4-3-8-22(25)26(34-35)33-24-11-10-18(12-23(24)28)19(15-30)16-31/h2-16,29-30H,31H2,1H3,(H,32,36)(H,33,34)/b17-2+,19-16?,29-14?,30-15?. The number of carbonyl (C=O) groups is 1. The highest BCUT2D eigenvalue weighted by Crippen LogP contribution is 2.32. The molecule has 6 N–H and O–H groups in total. The predicted molar refractivity (Wildman–Crippen MR) is 148 cm³/mol. The van der Waals surface area contributed by atoms with Gasteiger partial charge in [-0.25, -0.2) is 4.68 Å². The lowest BCUT2D eigenvalue weighted by atomic mass is 10.1. The number of nitrogens with one attached hydrogen (secondary N) is 4. The van der Waals surface area contributed by atoms with Gasteiger partial charge in [0.1, 0.15) is 0 Å². The molecule has 36 heavy (non-hydrogen) atoms. The maximum absolute atomic E-state index is 12.4. The molecule has 0 unspecified atom stereocenters. The predicted octanol–water partition coefficient (Wildman–Crippen LogP) is 5.91. The fourth-order valence-corrected chi connectivity index (χ4v) is 3.93. The molecule has 3 aromatic carbocycles. The second-order valence-electron chi connectivity index (χ2n) is 7.76. The van der Waals surface area contributed by atoms with Gasteiger partial charge in [-0.2, -0.15) is 0 Å². The molecule has 0 aliphatic heterocycles. The van der Waals surface area contributed by atoms with Gasteiger partial charge in [0.05, 0.1) is 27.5 Å². The van der Waals surface area contributed by atoms with Gasteiger partial charge in [-0.05, 0) is 55.0 Å². The van der Waals surface area contributed by atoms with Crippen LogP contribution in [0.5, 0.6) is 0 Å². The van der Waals surface area contributed by atoms with Crippen molar-refractivity contribution in [2.75, 3.05) is 10.6 Å². The summed E-state index contributed by atoms with van der Waals surface area (Å²) in [6.07, 6.45) is 5.15. The Balaban J connectivity index is 1.70. The van der Waals surface area contributed by atoms with Crippen molar-refractivity contribution < 1.29 is 4.79 Å². The molecule has 0 aliphatic carbocycles. The van der Waals surface area contributed by atoms with E-state index in [0.29, 0.717) is 27.8 Å². The van der Waals surface area contributed by atoms with E-state index in [2.05, 4.69) is 10.6 Å². The van der Waals surface area contributed by atoms with E-state index in [4.69, 9.17) is 33.3 Å². The Hall–Kier alpha value is -4.69. The minimum atomic E-state index is -0.355. The van der Waals surface area contributed by atoms with E-state index in [1.807, 2.05) is 54.6 Å². The SMILES string of the molecule is C/C=C(\C=N)C(=O)Nc1cccc(-n2nc(Nc3ccc(C(C=N)=CN)cc3Cl)c3ccccc32)c1. The fourth-order valence-electron chi connectivity index (χ4n) is 3.71. The summed E-state index contributed by atoms with van der Waals surface area (Å²) in [6.45, 7) is 1.71. The number of para-hydroxylation sites is 1. The second kappa shape index (κ2) is 10.7. The molecule has 1 amide bonds. The summed E-state index contributed by atoms with van der Waals surface area (Å²) in [5.41, 5.74) is 10.0. The topological polar surface area (TPSA) is 133 Å². The van der Waals surface area contributed by atoms with Gasteiger partial charge in [0.15, 0.2) is 5.82 Å². The van der Waals surface area contributed by atoms with Crippen LogP contribution in [0.25, 0.3) is 22.2 Å². The lowest BCUT2D eigenvalue weighted by Gasteiger charge is -2.09. The molecule has 4 aromatic rings. The lowest BCUT2D eigenvalue weighted by molar-refractivity contribution is -0.112. The summed E-state index contributed by atoms with van der Waals surface area (Å²) < 4.78 is 1.78. The van der Waals surface area contributed by atoms with Crippen LogP contribution in [-0.2, 0) is 4.79 Å². The van der Waals surface area contributed by atoms with Crippen LogP contribution in [0.15, 0.2) is 84.6 Å². The molecule has 1 heterocycles. The van der Waals surface area contributed by atoms with Crippen molar-refractivity contribution in [3.63, 3.8) is 0 Å². The molecular formula is C27H24ClN7O. The maximum Gasteiger partial charge on any atom is 0.256 e. The number of rotatable bonds is 8. The van der Waals surface area contributed by atoms with E-state index in [-0.39, 0.29) is 11.5 Å². The van der Waals surface area contributed by atoms with Crippen LogP contribution in [0.1, 0.15) is 12.5 Å². The van der Waals surface area contributed by atoms with Crippen LogP contribution in [-0.4, -0.2) is 28.1 Å². The van der Waals surface area contributed by atoms with E-state index >= 15 is 0 Å². The van der Waals surface area contributed by atoms with E-state index in [9.17, 15) is 4.79 Å². The molecule has 8 nitrogen and oxygen atoms in total. The van der Waals surface area contributed by atoms with E-state index in [1.165, 1.54) is 12.4 Å². The van der Waals surface area contributed by atoms with E-state index in [1.54, 1.807) is 29.8 Å². The molecule has 4 rings (SSSR count). The number of anilines is 3. The molecule has 0 aliphatic rings. The quantitative estimate of drug-likeness (QED) is 0.153. The minimum Gasteiger partial charge on any atom is -0.404 e. The van der Waals surface area contributed by atoms with Gasteiger partial charge in [-0.15, -0.1) is 5.10 Å². The Labute approximate surface area is 213 Å². The van der Waals surface area contributed by atoms with Crippen LogP contribution in [0.2, 0.25) is 5.02 Å². The summed E-state index contributed by atoms with van der Waals surface area (Å²) in [4.78, 5) is 12.4. The molecule has 1 aromatic heterocycles. The first-order valence-corrected chi connectivity index (χ1v) is 11.4. The number of carbonyl (C=O) groups excluding carboxylic acids is 1. The van der Waals surface area contributed by atoms with Crippen molar-refractivity contribution in [3.05, 3.63) is 95.2 Å². The summed E-state index contributed by atoms with van der Waals surface area (Å²) in [6, 6.07) is 20.5. The number of amides is 1. The van der Waals surface area contributed by atoms with Gasteiger partial charge in [-0.3, -0.25) is 4.79 Å². The van der Waals surface area contributed by atoms with E-state index in [0.717, 1.165) is 28.4 Å². The summed E-state index contributed by atoms with van der Waals surface area (Å²) >= 11 is 6.53. The largest absolute Gasteiger partial charge is 0.404 e. The smallest absolute Gasteiger partial charge is 0.256 e. The maximum atomic E-state index is 12.4. The van der Waals surface area contributed by atoms with Crippen LogP contribution in [0.4, 0.5) is 17.2 Å². The highest BCUT2D eigenvalue weighted by molar-refractivity contribution is 6.33. The summed E-state index contributed by atoms with van der Waals surface area (Å²) in [7, 11) is 0. The van der Waals surface area contributed by atoms with Crippen molar-refractivity contribution in [3.8, 4) is 5.69 Å². The highest BCUT2D eigenvalue weighted by Gasteiger charge is 2.14. The number of hydrogen-bond donors (Lipinski definition) is 5. The third kappa shape index (κ3) is 4.89. The van der Waals surface area contributed by atoms with Crippen molar-refractivity contribution in [2.24, 2.45) is 5.73 Å². The molecule has 0 saturated carbocycles. The monoisotopic (exact) mass is 497 g/mol. The third-order valence-electron chi connectivity index (χ3n) is 5.56. The highest BCUT2D eigenvalue weighted by atomic mass is 35.5. The van der Waals surface area contributed by atoms with Crippen LogP contribution >= 0.6 is 11.6 Å². The lowest BCUT2D eigenvalue weighted by Crippen LogP contribution is -2.15. The number of nitrogens with zero attached hydrogens (tertiary/aromatic N) is 2. The normalized spacial score (nSPS) is 11.8. The van der Waals surface area contributed by atoms with Gasteiger partial charge in [-0.1, -0.05) is 41.9 Å². The molecule has 0 radical (unpaired) electrons. The summed E-state index contributed by atoms with van der Waals surface area (Å²) in [5.74, 6) is 0.252. The zero-order valence-corrected chi connectivity index (χ0v) is 20.2. The fraction of sp³-hybridized carbons (Fsp3) is 0.0370. The first-order chi connectivity index (χ1) is 17.5. The van der Waals surface area contributed by atoms with Gasteiger partial charge in [0, 0.05) is 35.3 Å². The average molecular weight is 498 g/mol. The molecule has 0 atom stereocenters. The number of fused-ring (bicyclic) bond motifs is 1. The number of allylic oxidation sites excluding steroid dienone is 2. The Kier molecular flexibility index (Phi) is 7.27. The molecule has 0 saturated heterocycles. The van der Waals surface area contributed by atoms with Crippen LogP contribution in [0, 0.1) is 10.8 Å². The van der Waals surface area contributed by atoms with Gasteiger partial charge >= 0.3 is 0 Å². The molecule has 180 valence electrons. The minimum absolute atomic E-state index is 0.272. The summed E-state index contributed by atoms with van der Waals surface area (Å²) in [5, 5.41) is 27.1. The average Bonchev–Trinajstić information content (AvgIpc) is 3.26. The molecule has 9 heteroatoms. The Morgan fingerprint density at radius 3 is 2.56 bits per heavy atom. The molecule has 0 fully saturated rings. The van der Waals surface area contributed by atoms with Gasteiger partial charge < -0.3 is 27.2 Å². The number of aromatic nitrogens is 2. The number of benzene rings is 3. The van der Waals surface area contributed by atoms with Crippen molar-refractivity contribution in [1.82, 2.24) is 9.78 Å². The first-order valence-electron chi connectivity index (χ1n) is 11.0. The number of hydrogen-bond acceptors (Lipinski definition) is 6. The first kappa shape index (κ1) is 24.4. The van der Waals surface area contributed by atoms with Crippen molar-refractivity contribution in [2.45, 2.75) is 6.92 Å². The molecule has 0 bridgehead atoms. The second-order valence-corrected chi connectivity index (χ2v) is 8.16. The van der Waals surface area contributed by atoms with Crippen LogP contribution < -0.4 is 16.4 Å². The zero-order chi connectivity index (χ0) is 25.7.